The molecule has 3 unspecified atom stereocenters. The Balaban J connectivity index is 2.76. The van der Waals surface area contributed by atoms with Gasteiger partial charge in [-0.15, -0.1) is 0 Å². The SMILES string of the molecule is CCOC(=O)C(NC(C)CC(C)CC)c1ccccc1. The molecule has 0 radical (unpaired) electrons. The van der Waals surface area contributed by atoms with Crippen LogP contribution in [0.25, 0.3) is 0 Å². The molecule has 3 nitrogen and oxygen atoms in total. The lowest BCUT2D eigenvalue weighted by Gasteiger charge is -2.24. The Kier molecular flexibility index (Phi) is 7.31. The van der Waals surface area contributed by atoms with Crippen LogP contribution in [0, 0.1) is 5.92 Å². The first-order chi connectivity index (χ1) is 9.58. The van der Waals surface area contributed by atoms with Crippen molar-refractivity contribution >= 4 is 5.97 Å². The van der Waals surface area contributed by atoms with Gasteiger partial charge in [0.2, 0.25) is 0 Å². The molecule has 1 aromatic rings. The molecule has 0 saturated carbocycles. The van der Waals surface area contributed by atoms with Crippen molar-refractivity contribution in [2.75, 3.05) is 6.61 Å². The molecule has 0 aromatic heterocycles. The van der Waals surface area contributed by atoms with Gasteiger partial charge in [0.1, 0.15) is 6.04 Å². The zero-order valence-electron chi connectivity index (χ0n) is 13.1. The maximum absolute atomic E-state index is 12.1. The van der Waals surface area contributed by atoms with E-state index in [-0.39, 0.29) is 18.1 Å². The summed E-state index contributed by atoms with van der Waals surface area (Å²) < 4.78 is 5.19. The van der Waals surface area contributed by atoms with Gasteiger partial charge >= 0.3 is 5.97 Å². The number of ether oxygens (including phenoxy) is 1. The molecule has 0 heterocycles. The van der Waals surface area contributed by atoms with E-state index in [2.05, 4.69) is 26.1 Å². The van der Waals surface area contributed by atoms with Crippen molar-refractivity contribution in [1.82, 2.24) is 5.32 Å². The molecule has 1 rings (SSSR count). The van der Waals surface area contributed by atoms with Crippen molar-refractivity contribution in [3.63, 3.8) is 0 Å². The van der Waals surface area contributed by atoms with Crippen LogP contribution in [0.1, 0.15) is 52.1 Å². The first kappa shape index (κ1) is 16.7. The fourth-order valence-electron chi connectivity index (χ4n) is 2.29. The molecule has 1 N–H and O–H groups in total. The van der Waals surface area contributed by atoms with Gasteiger partial charge in [-0.1, -0.05) is 50.6 Å². The van der Waals surface area contributed by atoms with Crippen LogP contribution in [0.2, 0.25) is 0 Å². The molecule has 0 fully saturated rings. The van der Waals surface area contributed by atoms with Gasteiger partial charge in [0, 0.05) is 6.04 Å². The highest BCUT2D eigenvalue weighted by atomic mass is 16.5. The highest BCUT2D eigenvalue weighted by Crippen LogP contribution is 2.18. The number of hydrogen-bond donors (Lipinski definition) is 1. The van der Waals surface area contributed by atoms with Crippen LogP contribution in [-0.4, -0.2) is 18.6 Å². The number of esters is 1. The third-order valence-corrected chi connectivity index (χ3v) is 3.56. The van der Waals surface area contributed by atoms with E-state index in [1.807, 2.05) is 37.3 Å². The van der Waals surface area contributed by atoms with Crippen LogP contribution in [0.15, 0.2) is 30.3 Å². The van der Waals surface area contributed by atoms with Gasteiger partial charge in [0.05, 0.1) is 6.61 Å². The molecule has 0 spiro atoms. The molecular formula is C17H27NO2. The fourth-order valence-corrected chi connectivity index (χ4v) is 2.29. The lowest BCUT2D eigenvalue weighted by Crippen LogP contribution is -2.37. The third-order valence-electron chi connectivity index (χ3n) is 3.56. The summed E-state index contributed by atoms with van der Waals surface area (Å²) in [7, 11) is 0. The standard InChI is InChI=1S/C17H27NO2/c1-5-13(3)12-14(4)18-16(17(19)20-6-2)15-10-8-7-9-11-15/h7-11,13-14,16,18H,5-6,12H2,1-4H3. The van der Waals surface area contributed by atoms with Crippen LogP contribution < -0.4 is 5.32 Å². The van der Waals surface area contributed by atoms with Gasteiger partial charge in [-0.05, 0) is 31.7 Å². The summed E-state index contributed by atoms with van der Waals surface area (Å²) in [6, 6.07) is 9.67. The summed E-state index contributed by atoms with van der Waals surface area (Å²) in [4.78, 5) is 12.1. The average Bonchev–Trinajstić information content (AvgIpc) is 2.45. The summed E-state index contributed by atoms with van der Waals surface area (Å²) >= 11 is 0. The van der Waals surface area contributed by atoms with E-state index >= 15 is 0 Å². The molecule has 0 saturated heterocycles. The van der Waals surface area contributed by atoms with Crippen LogP contribution in [0.3, 0.4) is 0 Å². The van der Waals surface area contributed by atoms with E-state index in [0.717, 1.165) is 18.4 Å². The number of hydrogen-bond acceptors (Lipinski definition) is 3. The van der Waals surface area contributed by atoms with E-state index in [0.29, 0.717) is 12.5 Å². The summed E-state index contributed by atoms with van der Waals surface area (Å²) in [5, 5.41) is 3.41. The summed E-state index contributed by atoms with van der Waals surface area (Å²) in [5.41, 5.74) is 0.960. The van der Waals surface area contributed by atoms with Gasteiger partial charge < -0.3 is 4.74 Å². The summed E-state index contributed by atoms with van der Waals surface area (Å²) in [6.07, 6.45) is 2.21. The Morgan fingerprint density at radius 1 is 1.20 bits per heavy atom. The number of nitrogens with one attached hydrogen (secondary N) is 1. The molecule has 0 bridgehead atoms. The predicted octanol–water partition coefficient (Wildman–Crippen LogP) is 3.71. The Hall–Kier alpha value is -1.35. The minimum absolute atomic E-state index is 0.199. The van der Waals surface area contributed by atoms with Crippen LogP contribution >= 0.6 is 0 Å². The Morgan fingerprint density at radius 2 is 1.85 bits per heavy atom. The molecule has 3 heteroatoms. The second-order valence-corrected chi connectivity index (χ2v) is 5.41. The number of benzene rings is 1. The maximum Gasteiger partial charge on any atom is 0.327 e. The van der Waals surface area contributed by atoms with Gasteiger partial charge in [-0.3, -0.25) is 5.32 Å². The van der Waals surface area contributed by atoms with Crippen LogP contribution in [0.5, 0.6) is 0 Å². The molecule has 0 aliphatic rings. The van der Waals surface area contributed by atoms with E-state index < -0.39 is 0 Å². The third kappa shape index (κ3) is 5.33. The molecule has 0 aliphatic carbocycles. The Bertz CT molecular complexity index is 391. The first-order valence-electron chi connectivity index (χ1n) is 7.56. The van der Waals surface area contributed by atoms with Gasteiger partial charge in [0.25, 0.3) is 0 Å². The maximum atomic E-state index is 12.1. The predicted molar refractivity (Wildman–Crippen MR) is 82.5 cm³/mol. The second kappa shape index (κ2) is 8.75. The van der Waals surface area contributed by atoms with Crippen molar-refractivity contribution in [2.45, 2.75) is 52.6 Å². The zero-order valence-corrected chi connectivity index (χ0v) is 13.1. The van der Waals surface area contributed by atoms with Crippen LogP contribution in [-0.2, 0) is 9.53 Å². The van der Waals surface area contributed by atoms with Crippen molar-refractivity contribution < 1.29 is 9.53 Å². The molecule has 1 aromatic carbocycles. The number of carbonyl (C=O) groups is 1. The highest BCUT2D eigenvalue weighted by Gasteiger charge is 2.23. The zero-order chi connectivity index (χ0) is 15.0. The minimum atomic E-state index is -0.379. The molecular weight excluding hydrogens is 250 g/mol. The molecule has 112 valence electrons. The van der Waals surface area contributed by atoms with E-state index in [1.165, 1.54) is 0 Å². The largest absolute Gasteiger partial charge is 0.465 e. The second-order valence-electron chi connectivity index (χ2n) is 5.41. The van der Waals surface area contributed by atoms with E-state index in [4.69, 9.17) is 4.74 Å². The lowest BCUT2D eigenvalue weighted by molar-refractivity contribution is -0.146. The summed E-state index contributed by atoms with van der Waals surface area (Å²) in [6.45, 7) is 8.80. The normalized spacial score (nSPS) is 15.4. The van der Waals surface area contributed by atoms with Crippen molar-refractivity contribution in [2.24, 2.45) is 5.92 Å². The highest BCUT2D eigenvalue weighted by molar-refractivity contribution is 5.77. The Labute approximate surface area is 122 Å². The topological polar surface area (TPSA) is 38.3 Å². The Morgan fingerprint density at radius 3 is 2.40 bits per heavy atom. The summed E-state index contributed by atoms with van der Waals surface area (Å²) in [5.74, 6) is 0.450. The van der Waals surface area contributed by atoms with E-state index in [9.17, 15) is 4.79 Å². The minimum Gasteiger partial charge on any atom is -0.465 e. The van der Waals surface area contributed by atoms with Gasteiger partial charge in [-0.2, -0.15) is 0 Å². The van der Waals surface area contributed by atoms with Crippen molar-refractivity contribution in [3.8, 4) is 0 Å². The van der Waals surface area contributed by atoms with Crippen molar-refractivity contribution in [1.29, 1.82) is 0 Å². The quantitative estimate of drug-likeness (QED) is 0.736. The molecule has 0 amide bonds. The van der Waals surface area contributed by atoms with Gasteiger partial charge in [0.15, 0.2) is 0 Å². The van der Waals surface area contributed by atoms with Crippen molar-refractivity contribution in [3.05, 3.63) is 35.9 Å². The van der Waals surface area contributed by atoms with Crippen LogP contribution in [0.4, 0.5) is 0 Å². The average molecular weight is 277 g/mol. The van der Waals surface area contributed by atoms with Gasteiger partial charge in [-0.25, -0.2) is 4.79 Å². The molecule has 0 aliphatic heterocycles. The molecule has 3 atom stereocenters. The number of carbonyl (C=O) groups excluding carboxylic acids is 1. The van der Waals surface area contributed by atoms with E-state index in [1.54, 1.807) is 0 Å². The smallest absolute Gasteiger partial charge is 0.327 e. The monoisotopic (exact) mass is 277 g/mol. The number of rotatable bonds is 8. The lowest BCUT2D eigenvalue weighted by atomic mass is 9.98. The fraction of sp³-hybridized carbons (Fsp3) is 0.588. The molecule has 20 heavy (non-hydrogen) atoms. The first-order valence-corrected chi connectivity index (χ1v) is 7.56.